The molecular formula is C2H4N4OS. The Hall–Kier alpha value is -1.04. The molecule has 8 heavy (non-hydrogen) atoms. The summed E-state index contributed by atoms with van der Waals surface area (Å²) in [6.45, 7) is 0. The first-order valence-electron chi connectivity index (χ1n) is 1.64. The van der Waals surface area contributed by atoms with Crippen LogP contribution in [0, 0.1) is 5.53 Å². The zero-order valence-electron chi connectivity index (χ0n) is 3.84. The molecule has 0 unspecified atom stereocenters. The van der Waals surface area contributed by atoms with Gasteiger partial charge in [-0.3, -0.25) is 5.32 Å². The van der Waals surface area contributed by atoms with Gasteiger partial charge in [-0.05, 0) is 12.2 Å². The molecule has 0 aromatic heterocycles. The maximum atomic E-state index is 9.85. The Balaban J connectivity index is 3.55. The van der Waals surface area contributed by atoms with Crippen molar-refractivity contribution in [3.63, 3.8) is 0 Å². The fraction of sp³-hybridized carbons (Fsp3) is 0. The van der Waals surface area contributed by atoms with Crippen LogP contribution in [-0.2, 0) is 0 Å². The summed E-state index contributed by atoms with van der Waals surface area (Å²) in [6, 6.07) is -0.800. The summed E-state index contributed by atoms with van der Waals surface area (Å²) in [5.41, 5.74) is 10.8. The molecule has 0 bridgehead atoms. The highest BCUT2D eigenvalue weighted by Crippen LogP contribution is 1.69. The summed E-state index contributed by atoms with van der Waals surface area (Å²) in [6.07, 6.45) is 0. The second-order valence-electron chi connectivity index (χ2n) is 0.906. The van der Waals surface area contributed by atoms with Crippen molar-refractivity contribution in [2.24, 2.45) is 10.8 Å². The molecule has 0 radical (unpaired) electrons. The van der Waals surface area contributed by atoms with Crippen LogP contribution in [0.4, 0.5) is 4.79 Å². The van der Waals surface area contributed by atoms with Crippen molar-refractivity contribution in [1.29, 1.82) is 5.53 Å². The van der Waals surface area contributed by atoms with E-state index < -0.39 is 6.03 Å². The molecule has 5 nitrogen and oxygen atoms in total. The van der Waals surface area contributed by atoms with Crippen molar-refractivity contribution >= 4 is 23.4 Å². The van der Waals surface area contributed by atoms with Crippen molar-refractivity contribution in [2.75, 3.05) is 0 Å². The standard InChI is InChI=1S/C2H4N4OS/c3-1(7)5-2(8)6-4/h4H,(H3,3,5,7,8). The lowest BCUT2D eigenvalue weighted by atomic mass is 11.0. The lowest BCUT2D eigenvalue weighted by Crippen LogP contribution is -2.32. The second kappa shape index (κ2) is 3.03. The number of urea groups is 1. The largest absolute Gasteiger partial charge is 0.351 e. The van der Waals surface area contributed by atoms with Gasteiger partial charge in [-0.2, -0.15) is 0 Å². The third-order valence-electron chi connectivity index (χ3n) is 0.332. The van der Waals surface area contributed by atoms with Gasteiger partial charge < -0.3 is 5.73 Å². The highest BCUT2D eigenvalue weighted by molar-refractivity contribution is 7.80. The third-order valence-corrected chi connectivity index (χ3v) is 0.525. The number of rotatable bonds is 0. The molecule has 0 aliphatic carbocycles. The monoisotopic (exact) mass is 132 g/mol. The maximum Gasteiger partial charge on any atom is 0.318 e. The van der Waals surface area contributed by atoms with Crippen LogP contribution in [0.3, 0.4) is 0 Å². The van der Waals surface area contributed by atoms with Gasteiger partial charge in [-0.1, -0.05) is 0 Å². The van der Waals surface area contributed by atoms with E-state index in [1.165, 1.54) is 0 Å². The van der Waals surface area contributed by atoms with Gasteiger partial charge in [0, 0.05) is 0 Å². The van der Waals surface area contributed by atoms with Crippen LogP contribution in [0.2, 0.25) is 0 Å². The number of carbonyl (C=O) groups excluding carboxylic acids is 1. The molecule has 0 aromatic rings. The molecule has 0 atom stereocenters. The van der Waals surface area contributed by atoms with Crippen molar-refractivity contribution in [3.05, 3.63) is 0 Å². The zero-order valence-corrected chi connectivity index (χ0v) is 4.66. The SMILES string of the molecule is N=NC(=S)NC(N)=O. The molecular weight excluding hydrogens is 128 g/mol. The highest BCUT2D eigenvalue weighted by Gasteiger charge is 1.92. The van der Waals surface area contributed by atoms with Crippen LogP contribution in [-0.4, -0.2) is 11.1 Å². The van der Waals surface area contributed by atoms with Crippen LogP contribution < -0.4 is 11.1 Å². The molecule has 2 amide bonds. The van der Waals surface area contributed by atoms with Crippen LogP contribution in [0.5, 0.6) is 0 Å². The van der Waals surface area contributed by atoms with Crippen LogP contribution in [0.15, 0.2) is 5.11 Å². The smallest absolute Gasteiger partial charge is 0.318 e. The van der Waals surface area contributed by atoms with Crippen molar-refractivity contribution < 1.29 is 4.79 Å². The van der Waals surface area contributed by atoms with E-state index in [9.17, 15) is 4.79 Å². The molecule has 0 saturated carbocycles. The lowest BCUT2D eigenvalue weighted by molar-refractivity contribution is 0.253. The first-order valence-corrected chi connectivity index (χ1v) is 2.05. The third kappa shape index (κ3) is 3.16. The van der Waals surface area contributed by atoms with Crippen LogP contribution in [0.1, 0.15) is 0 Å². The number of nitrogens with one attached hydrogen (secondary N) is 2. The Kier molecular flexibility index (Phi) is 2.63. The fourth-order valence-corrected chi connectivity index (χ4v) is 0.234. The van der Waals surface area contributed by atoms with E-state index in [1.54, 1.807) is 0 Å². The van der Waals surface area contributed by atoms with E-state index in [1.807, 2.05) is 5.32 Å². The van der Waals surface area contributed by atoms with E-state index in [0.717, 1.165) is 0 Å². The van der Waals surface area contributed by atoms with E-state index in [-0.39, 0.29) is 5.11 Å². The molecule has 0 aliphatic rings. The van der Waals surface area contributed by atoms with E-state index >= 15 is 0 Å². The first-order chi connectivity index (χ1) is 3.66. The van der Waals surface area contributed by atoms with Crippen molar-refractivity contribution in [1.82, 2.24) is 5.32 Å². The quantitative estimate of drug-likeness (QED) is 0.319. The van der Waals surface area contributed by atoms with E-state index in [0.29, 0.717) is 0 Å². The number of nitrogens with zero attached hydrogens (tertiary/aromatic N) is 1. The van der Waals surface area contributed by atoms with E-state index in [2.05, 4.69) is 23.1 Å². The maximum absolute atomic E-state index is 9.85. The van der Waals surface area contributed by atoms with Gasteiger partial charge in [0.05, 0.1) is 0 Å². The fourth-order valence-electron chi connectivity index (χ4n) is 0.133. The van der Waals surface area contributed by atoms with Crippen LogP contribution in [0.25, 0.3) is 0 Å². The normalized spacial score (nSPS) is 7.50. The summed E-state index contributed by atoms with van der Waals surface area (Å²) in [5, 5.41) is 4.38. The molecule has 0 heterocycles. The summed E-state index contributed by atoms with van der Waals surface area (Å²) < 4.78 is 0. The van der Waals surface area contributed by atoms with Crippen molar-refractivity contribution in [2.45, 2.75) is 0 Å². The number of nitrogens with two attached hydrogens (primary N) is 1. The number of primary amides is 1. The number of hydrogen-bond acceptors (Lipinski definition) is 3. The zero-order chi connectivity index (χ0) is 6.57. The molecule has 0 saturated heterocycles. The molecule has 0 fully saturated rings. The molecule has 0 rings (SSSR count). The summed E-state index contributed by atoms with van der Waals surface area (Å²) >= 11 is 4.27. The Labute approximate surface area is 50.8 Å². The number of amides is 2. The Morgan fingerprint density at radius 2 is 2.38 bits per heavy atom. The van der Waals surface area contributed by atoms with Gasteiger partial charge in [0.1, 0.15) is 0 Å². The van der Waals surface area contributed by atoms with Gasteiger partial charge in [0.2, 0.25) is 5.11 Å². The summed E-state index contributed by atoms with van der Waals surface area (Å²) in [7, 11) is 0. The molecule has 44 valence electrons. The van der Waals surface area contributed by atoms with Gasteiger partial charge in [-0.15, -0.1) is 5.11 Å². The summed E-state index contributed by atoms with van der Waals surface area (Å²) in [4.78, 5) is 9.85. The Bertz CT molecular complexity index is 132. The van der Waals surface area contributed by atoms with Crippen LogP contribution >= 0.6 is 12.2 Å². The number of hydrogen-bond donors (Lipinski definition) is 3. The van der Waals surface area contributed by atoms with Crippen molar-refractivity contribution in [3.8, 4) is 0 Å². The molecule has 0 aliphatic heterocycles. The Morgan fingerprint density at radius 3 is 2.50 bits per heavy atom. The minimum absolute atomic E-state index is 0.225. The first kappa shape index (κ1) is 6.96. The van der Waals surface area contributed by atoms with Gasteiger partial charge in [0.25, 0.3) is 0 Å². The van der Waals surface area contributed by atoms with Gasteiger partial charge in [0.15, 0.2) is 0 Å². The van der Waals surface area contributed by atoms with E-state index in [4.69, 9.17) is 5.53 Å². The highest BCUT2D eigenvalue weighted by atomic mass is 32.1. The average molecular weight is 132 g/mol. The minimum atomic E-state index is -0.800. The topological polar surface area (TPSA) is 91.3 Å². The van der Waals surface area contributed by atoms with Gasteiger partial charge >= 0.3 is 6.03 Å². The molecule has 0 aromatic carbocycles. The predicted molar refractivity (Wildman–Crippen MR) is 30.5 cm³/mol. The van der Waals surface area contributed by atoms with Gasteiger partial charge in [-0.25, -0.2) is 10.3 Å². The Morgan fingerprint density at radius 1 is 1.88 bits per heavy atom. The summed E-state index contributed by atoms with van der Waals surface area (Å²) in [5.74, 6) is 0. The molecule has 4 N–H and O–H groups in total. The number of thiocarbonyl (C=S) groups is 1. The molecule has 6 heteroatoms. The minimum Gasteiger partial charge on any atom is -0.351 e. The predicted octanol–water partition coefficient (Wildman–Crippen LogP) is -0.0294. The lowest BCUT2D eigenvalue weighted by Gasteiger charge is -1.91. The second-order valence-corrected chi connectivity index (χ2v) is 1.29. The number of carbonyl (C=O) groups is 1. The molecule has 0 spiro atoms. The average Bonchev–Trinajstić information content (AvgIpc) is 1.65.